The van der Waals surface area contributed by atoms with E-state index >= 15 is 0 Å². The minimum atomic E-state index is 0.485. The highest BCUT2D eigenvalue weighted by Crippen LogP contribution is 2.41. The zero-order chi connectivity index (χ0) is 17.8. The maximum Gasteiger partial charge on any atom is 0.193 e. The molecule has 3 atom stereocenters. The van der Waals surface area contributed by atoms with Crippen molar-refractivity contribution in [1.82, 2.24) is 15.1 Å². The van der Waals surface area contributed by atoms with Crippen LogP contribution in [0.3, 0.4) is 0 Å². The van der Waals surface area contributed by atoms with Crippen molar-refractivity contribution in [3.8, 4) is 0 Å². The summed E-state index contributed by atoms with van der Waals surface area (Å²) < 4.78 is 0. The van der Waals surface area contributed by atoms with E-state index in [1.807, 2.05) is 19.2 Å². The molecule has 3 rings (SSSR count). The molecule has 1 heterocycles. The first-order valence-corrected chi connectivity index (χ1v) is 9.98. The van der Waals surface area contributed by atoms with Gasteiger partial charge in [0.1, 0.15) is 0 Å². The Labute approximate surface area is 157 Å². The second kappa shape index (κ2) is 8.41. The summed E-state index contributed by atoms with van der Waals surface area (Å²) in [6.07, 6.45) is 2.43. The molecule has 5 heteroatoms. The van der Waals surface area contributed by atoms with Gasteiger partial charge in [-0.25, -0.2) is 0 Å². The molecule has 3 unspecified atom stereocenters. The molecule has 138 valence electrons. The van der Waals surface area contributed by atoms with Gasteiger partial charge in [0.25, 0.3) is 0 Å². The second-order valence-corrected chi connectivity index (χ2v) is 7.72. The summed E-state index contributed by atoms with van der Waals surface area (Å²) in [6.45, 7) is 10.2. The Morgan fingerprint density at radius 3 is 2.84 bits per heavy atom. The van der Waals surface area contributed by atoms with Crippen molar-refractivity contribution in [3.63, 3.8) is 0 Å². The fourth-order valence-corrected chi connectivity index (χ4v) is 4.14. The molecule has 2 fully saturated rings. The van der Waals surface area contributed by atoms with E-state index in [9.17, 15) is 0 Å². The van der Waals surface area contributed by atoms with Gasteiger partial charge in [-0.15, -0.1) is 0 Å². The lowest BCUT2D eigenvalue weighted by atomic mass is 10.1. The molecule has 0 bridgehead atoms. The maximum absolute atomic E-state index is 6.13. The van der Waals surface area contributed by atoms with Gasteiger partial charge in [0, 0.05) is 43.7 Å². The fourth-order valence-electron chi connectivity index (χ4n) is 3.94. The smallest absolute Gasteiger partial charge is 0.193 e. The highest BCUT2D eigenvalue weighted by Gasteiger charge is 2.40. The molecule has 2 aliphatic rings. The highest BCUT2D eigenvalue weighted by molar-refractivity contribution is 6.30. The SMILES string of the molecule is CCN(CC)CC1CCN(C(=NC)NC2CC2c2cccc(Cl)c2)C1. The minimum absolute atomic E-state index is 0.485. The average Bonchev–Trinajstić information content (AvgIpc) is 3.25. The third-order valence-corrected chi connectivity index (χ3v) is 5.82. The number of benzene rings is 1. The van der Waals surface area contributed by atoms with Crippen LogP contribution < -0.4 is 5.32 Å². The molecule has 1 aromatic carbocycles. The first-order valence-electron chi connectivity index (χ1n) is 9.60. The van der Waals surface area contributed by atoms with Crippen LogP contribution in [0.25, 0.3) is 0 Å². The number of nitrogens with one attached hydrogen (secondary N) is 1. The Morgan fingerprint density at radius 1 is 1.36 bits per heavy atom. The van der Waals surface area contributed by atoms with E-state index in [0.29, 0.717) is 12.0 Å². The van der Waals surface area contributed by atoms with Gasteiger partial charge in [0.15, 0.2) is 5.96 Å². The molecule has 25 heavy (non-hydrogen) atoms. The molecule has 0 aromatic heterocycles. The zero-order valence-corrected chi connectivity index (χ0v) is 16.5. The molecule has 1 aliphatic heterocycles. The van der Waals surface area contributed by atoms with Gasteiger partial charge in [-0.1, -0.05) is 37.6 Å². The lowest BCUT2D eigenvalue weighted by Crippen LogP contribution is -2.42. The van der Waals surface area contributed by atoms with Crippen molar-refractivity contribution in [2.75, 3.05) is 39.8 Å². The van der Waals surface area contributed by atoms with E-state index in [-0.39, 0.29) is 0 Å². The molecule has 1 saturated heterocycles. The molecule has 0 amide bonds. The molecule has 4 nitrogen and oxygen atoms in total. The molecule has 1 aliphatic carbocycles. The number of halogens is 1. The predicted molar refractivity (Wildman–Crippen MR) is 107 cm³/mol. The summed E-state index contributed by atoms with van der Waals surface area (Å²) in [7, 11) is 1.90. The van der Waals surface area contributed by atoms with Gasteiger partial charge in [-0.3, -0.25) is 4.99 Å². The molecule has 0 spiro atoms. The van der Waals surface area contributed by atoms with Crippen LogP contribution in [0.5, 0.6) is 0 Å². The third kappa shape index (κ3) is 4.68. The van der Waals surface area contributed by atoms with Crippen molar-refractivity contribution in [3.05, 3.63) is 34.9 Å². The summed E-state index contributed by atoms with van der Waals surface area (Å²) in [4.78, 5) is 9.50. The average molecular weight is 363 g/mol. The molecule has 1 aromatic rings. The van der Waals surface area contributed by atoms with Crippen LogP contribution in [0, 0.1) is 5.92 Å². The van der Waals surface area contributed by atoms with Crippen LogP contribution >= 0.6 is 11.6 Å². The van der Waals surface area contributed by atoms with E-state index in [4.69, 9.17) is 11.6 Å². The summed E-state index contributed by atoms with van der Waals surface area (Å²) in [5.41, 5.74) is 1.33. The monoisotopic (exact) mass is 362 g/mol. The van der Waals surface area contributed by atoms with Crippen molar-refractivity contribution in [2.45, 2.75) is 38.6 Å². The minimum Gasteiger partial charge on any atom is -0.353 e. The molecule has 1 saturated carbocycles. The molecular formula is C20H31ClN4. The number of nitrogens with zero attached hydrogens (tertiary/aromatic N) is 3. The Bertz CT molecular complexity index is 599. The Balaban J connectivity index is 1.51. The first kappa shape index (κ1) is 18.5. The number of likely N-dealkylation sites (tertiary alicyclic amines) is 1. The normalized spacial score (nSPS) is 26.4. The number of rotatable bonds is 6. The maximum atomic E-state index is 6.13. The quantitative estimate of drug-likeness (QED) is 0.621. The summed E-state index contributed by atoms with van der Waals surface area (Å²) >= 11 is 6.13. The number of guanidine groups is 1. The standard InChI is InChI=1S/C20H31ClN4/c1-4-24(5-2)13-15-9-10-25(14-15)20(22-3)23-19-12-18(19)16-7-6-8-17(21)11-16/h6-8,11,15,18-19H,4-5,9-10,12-14H2,1-3H3,(H,22,23). The van der Waals surface area contributed by atoms with Gasteiger partial charge in [0.2, 0.25) is 0 Å². The van der Waals surface area contributed by atoms with E-state index in [2.05, 4.69) is 46.1 Å². The predicted octanol–water partition coefficient (Wildman–Crippen LogP) is 3.44. The highest BCUT2D eigenvalue weighted by atomic mass is 35.5. The largest absolute Gasteiger partial charge is 0.353 e. The van der Waals surface area contributed by atoms with Gasteiger partial charge in [-0.2, -0.15) is 0 Å². The molecule has 0 radical (unpaired) electrons. The van der Waals surface area contributed by atoms with E-state index in [1.165, 1.54) is 18.5 Å². The van der Waals surface area contributed by atoms with Crippen LogP contribution in [-0.4, -0.2) is 61.6 Å². The fraction of sp³-hybridized carbons (Fsp3) is 0.650. The lowest BCUT2D eigenvalue weighted by Gasteiger charge is -2.24. The van der Waals surface area contributed by atoms with E-state index < -0.39 is 0 Å². The van der Waals surface area contributed by atoms with Crippen molar-refractivity contribution in [1.29, 1.82) is 0 Å². The number of hydrogen-bond acceptors (Lipinski definition) is 2. The van der Waals surface area contributed by atoms with Crippen LogP contribution in [0.15, 0.2) is 29.3 Å². The Hall–Kier alpha value is -1.26. The Morgan fingerprint density at radius 2 is 2.16 bits per heavy atom. The first-order chi connectivity index (χ1) is 12.1. The van der Waals surface area contributed by atoms with Crippen LogP contribution in [-0.2, 0) is 0 Å². The number of hydrogen-bond donors (Lipinski definition) is 1. The summed E-state index contributed by atoms with van der Waals surface area (Å²) in [5, 5.41) is 4.50. The van der Waals surface area contributed by atoms with Gasteiger partial charge in [0.05, 0.1) is 0 Å². The van der Waals surface area contributed by atoms with Gasteiger partial charge >= 0.3 is 0 Å². The summed E-state index contributed by atoms with van der Waals surface area (Å²) in [6, 6.07) is 8.73. The van der Waals surface area contributed by atoms with Crippen LogP contribution in [0.1, 0.15) is 38.2 Å². The van der Waals surface area contributed by atoms with Gasteiger partial charge < -0.3 is 15.1 Å². The van der Waals surface area contributed by atoms with Gasteiger partial charge in [-0.05, 0) is 49.5 Å². The molecular weight excluding hydrogens is 332 g/mol. The zero-order valence-electron chi connectivity index (χ0n) is 15.7. The summed E-state index contributed by atoms with van der Waals surface area (Å²) in [5.74, 6) is 2.38. The van der Waals surface area contributed by atoms with E-state index in [1.54, 1.807) is 0 Å². The van der Waals surface area contributed by atoms with E-state index in [0.717, 1.165) is 49.5 Å². The van der Waals surface area contributed by atoms with Crippen molar-refractivity contribution >= 4 is 17.6 Å². The lowest BCUT2D eigenvalue weighted by molar-refractivity contribution is 0.255. The topological polar surface area (TPSA) is 30.9 Å². The van der Waals surface area contributed by atoms with Crippen LogP contribution in [0.2, 0.25) is 5.02 Å². The number of aliphatic imine (C=N–C) groups is 1. The van der Waals surface area contributed by atoms with Crippen molar-refractivity contribution < 1.29 is 0 Å². The Kier molecular flexibility index (Phi) is 6.24. The third-order valence-electron chi connectivity index (χ3n) is 5.59. The van der Waals surface area contributed by atoms with Crippen LogP contribution in [0.4, 0.5) is 0 Å². The second-order valence-electron chi connectivity index (χ2n) is 7.28. The molecule has 1 N–H and O–H groups in total. The van der Waals surface area contributed by atoms with Crippen molar-refractivity contribution in [2.24, 2.45) is 10.9 Å².